The molecule has 120 valence electrons. The second-order valence-electron chi connectivity index (χ2n) is 7.86. The third-order valence-electron chi connectivity index (χ3n) is 4.50. The van der Waals surface area contributed by atoms with Gasteiger partial charge in [-0.3, -0.25) is 4.90 Å². The number of nitrogens with one attached hydrogen (secondary N) is 1. The second kappa shape index (κ2) is 7.77. The first-order valence-electron chi connectivity index (χ1n) is 8.33. The molecule has 1 saturated heterocycles. The van der Waals surface area contributed by atoms with Crippen LogP contribution < -0.4 is 5.32 Å². The van der Waals surface area contributed by atoms with E-state index in [9.17, 15) is 0 Å². The maximum absolute atomic E-state index is 5.51. The minimum Gasteiger partial charge on any atom is -0.379 e. The van der Waals surface area contributed by atoms with E-state index in [2.05, 4.69) is 51.8 Å². The Hall–Kier alpha value is -0.120. The van der Waals surface area contributed by atoms with Crippen molar-refractivity contribution in [3.63, 3.8) is 0 Å². The van der Waals surface area contributed by atoms with Gasteiger partial charge in [-0.1, -0.05) is 27.7 Å². The lowest BCUT2D eigenvalue weighted by molar-refractivity contribution is -0.0254. The van der Waals surface area contributed by atoms with Gasteiger partial charge in [-0.15, -0.1) is 0 Å². The van der Waals surface area contributed by atoms with Gasteiger partial charge in [0.05, 0.1) is 13.2 Å². The standard InChI is InChI=1S/C17H36N2O/c1-7-10-18-15(8-9-16(2,3)4)17(5,6)19-11-13-20-14-12-19/h15,18H,7-14H2,1-6H3. The topological polar surface area (TPSA) is 24.5 Å². The van der Waals surface area contributed by atoms with Gasteiger partial charge in [0, 0.05) is 24.7 Å². The van der Waals surface area contributed by atoms with Crippen LogP contribution in [0.3, 0.4) is 0 Å². The lowest BCUT2D eigenvalue weighted by atomic mass is 9.82. The van der Waals surface area contributed by atoms with Gasteiger partial charge in [-0.2, -0.15) is 0 Å². The molecule has 1 heterocycles. The lowest BCUT2D eigenvalue weighted by Crippen LogP contribution is -2.60. The fourth-order valence-corrected chi connectivity index (χ4v) is 2.96. The minimum atomic E-state index is 0.199. The van der Waals surface area contributed by atoms with E-state index in [0.717, 1.165) is 32.8 Å². The summed E-state index contributed by atoms with van der Waals surface area (Å²) in [5.74, 6) is 0. The predicted octanol–water partition coefficient (Wildman–Crippen LogP) is 3.29. The summed E-state index contributed by atoms with van der Waals surface area (Å²) in [7, 11) is 0. The van der Waals surface area contributed by atoms with Crippen LogP contribution >= 0.6 is 0 Å². The zero-order valence-corrected chi connectivity index (χ0v) is 14.6. The third-order valence-corrected chi connectivity index (χ3v) is 4.50. The largest absolute Gasteiger partial charge is 0.379 e. The molecule has 0 aliphatic carbocycles. The van der Waals surface area contributed by atoms with Crippen molar-refractivity contribution in [2.24, 2.45) is 5.41 Å². The highest BCUT2D eigenvalue weighted by Crippen LogP contribution is 2.28. The Balaban J connectivity index is 2.67. The summed E-state index contributed by atoms with van der Waals surface area (Å²) >= 11 is 0. The van der Waals surface area contributed by atoms with Crippen LogP contribution in [0.4, 0.5) is 0 Å². The van der Waals surface area contributed by atoms with E-state index < -0.39 is 0 Å². The smallest absolute Gasteiger partial charge is 0.0594 e. The van der Waals surface area contributed by atoms with Gasteiger partial charge in [0.2, 0.25) is 0 Å². The van der Waals surface area contributed by atoms with Crippen LogP contribution in [0, 0.1) is 5.41 Å². The molecular formula is C17H36N2O. The number of hydrogen-bond acceptors (Lipinski definition) is 3. The van der Waals surface area contributed by atoms with E-state index in [-0.39, 0.29) is 5.54 Å². The first-order valence-corrected chi connectivity index (χ1v) is 8.33. The number of rotatable bonds is 7. The molecule has 0 bridgehead atoms. The summed E-state index contributed by atoms with van der Waals surface area (Å²) in [6.07, 6.45) is 3.71. The summed E-state index contributed by atoms with van der Waals surface area (Å²) < 4.78 is 5.51. The van der Waals surface area contributed by atoms with Gasteiger partial charge >= 0.3 is 0 Å². The van der Waals surface area contributed by atoms with Crippen LogP contribution in [0.15, 0.2) is 0 Å². The van der Waals surface area contributed by atoms with Crippen molar-refractivity contribution in [1.82, 2.24) is 10.2 Å². The second-order valence-corrected chi connectivity index (χ2v) is 7.86. The first kappa shape index (κ1) is 17.9. The fourth-order valence-electron chi connectivity index (χ4n) is 2.96. The predicted molar refractivity (Wildman–Crippen MR) is 87.2 cm³/mol. The molecule has 1 N–H and O–H groups in total. The number of ether oxygens (including phenoxy) is 1. The molecule has 1 unspecified atom stereocenters. The lowest BCUT2D eigenvalue weighted by Gasteiger charge is -2.46. The molecule has 0 saturated carbocycles. The van der Waals surface area contributed by atoms with Crippen molar-refractivity contribution in [3.05, 3.63) is 0 Å². The van der Waals surface area contributed by atoms with E-state index in [4.69, 9.17) is 4.74 Å². The Morgan fingerprint density at radius 1 is 1.10 bits per heavy atom. The van der Waals surface area contributed by atoms with Gasteiger partial charge in [0.15, 0.2) is 0 Å². The van der Waals surface area contributed by atoms with Gasteiger partial charge in [-0.25, -0.2) is 0 Å². The quantitative estimate of drug-likeness (QED) is 0.776. The molecule has 0 aromatic carbocycles. The van der Waals surface area contributed by atoms with Gasteiger partial charge in [0.1, 0.15) is 0 Å². The normalized spacial score (nSPS) is 20.1. The van der Waals surface area contributed by atoms with Crippen molar-refractivity contribution < 1.29 is 4.74 Å². The Labute approximate surface area is 126 Å². The van der Waals surface area contributed by atoms with Crippen LogP contribution in [0.1, 0.15) is 60.8 Å². The van der Waals surface area contributed by atoms with Crippen molar-refractivity contribution >= 4 is 0 Å². The molecule has 0 radical (unpaired) electrons. The van der Waals surface area contributed by atoms with E-state index >= 15 is 0 Å². The third kappa shape index (κ3) is 5.71. The fraction of sp³-hybridized carbons (Fsp3) is 1.00. The van der Waals surface area contributed by atoms with Crippen molar-refractivity contribution in [1.29, 1.82) is 0 Å². The SMILES string of the molecule is CCCNC(CCC(C)(C)C)C(C)(C)N1CCOCC1. The van der Waals surface area contributed by atoms with E-state index in [1.54, 1.807) is 0 Å². The summed E-state index contributed by atoms with van der Waals surface area (Å²) in [5.41, 5.74) is 0.609. The van der Waals surface area contributed by atoms with E-state index in [1.165, 1.54) is 19.3 Å². The molecule has 3 nitrogen and oxygen atoms in total. The maximum atomic E-state index is 5.51. The molecule has 0 spiro atoms. The molecule has 1 aliphatic rings. The Bertz CT molecular complexity index is 265. The Kier molecular flexibility index (Phi) is 6.96. The minimum absolute atomic E-state index is 0.199. The molecule has 20 heavy (non-hydrogen) atoms. The highest BCUT2D eigenvalue weighted by Gasteiger charge is 2.36. The Morgan fingerprint density at radius 2 is 1.70 bits per heavy atom. The number of morpholine rings is 1. The molecule has 1 aliphatic heterocycles. The van der Waals surface area contributed by atoms with Gasteiger partial charge in [0.25, 0.3) is 0 Å². The highest BCUT2D eigenvalue weighted by atomic mass is 16.5. The molecule has 3 heteroatoms. The van der Waals surface area contributed by atoms with Crippen LogP contribution in [-0.2, 0) is 4.74 Å². The van der Waals surface area contributed by atoms with Crippen molar-refractivity contribution in [2.45, 2.75) is 72.4 Å². The number of hydrogen-bond donors (Lipinski definition) is 1. The average Bonchev–Trinajstić information content (AvgIpc) is 2.38. The van der Waals surface area contributed by atoms with Gasteiger partial charge < -0.3 is 10.1 Å². The summed E-state index contributed by atoms with van der Waals surface area (Å²) in [4.78, 5) is 2.60. The molecule has 1 fully saturated rings. The summed E-state index contributed by atoms with van der Waals surface area (Å²) in [6.45, 7) is 19.1. The average molecular weight is 284 g/mol. The summed E-state index contributed by atoms with van der Waals surface area (Å²) in [5, 5.41) is 3.80. The zero-order valence-electron chi connectivity index (χ0n) is 14.6. The van der Waals surface area contributed by atoms with Crippen molar-refractivity contribution in [3.8, 4) is 0 Å². The monoisotopic (exact) mass is 284 g/mol. The van der Waals surface area contributed by atoms with Crippen LogP contribution in [0.2, 0.25) is 0 Å². The van der Waals surface area contributed by atoms with Crippen LogP contribution in [0.5, 0.6) is 0 Å². The highest BCUT2D eigenvalue weighted by molar-refractivity contribution is 4.94. The van der Waals surface area contributed by atoms with E-state index in [1.807, 2.05) is 0 Å². The molecular weight excluding hydrogens is 248 g/mol. The molecule has 0 aromatic rings. The zero-order chi connectivity index (χ0) is 15.2. The van der Waals surface area contributed by atoms with E-state index in [0.29, 0.717) is 11.5 Å². The molecule has 1 rings (SSSR count). The number of nitrogens with zero attached hydrogens (tertiary/aromatic N) is 1. The molecule has 0 aromatic heterocycles. The van der Waals surface area contributed by atoms with Crippen LogP contribution in [-0.4, -0.2) is 49.3 Å². The molecule has 1 atom stereocenters. The van der Waals surface area contributed by atoms with Gasteiger partial charge in [-0.05, 0) is 45.1 Å². The molecule has 0 amide bonds. The van der Waals surface area contributed by atoms with Crippen molar-refractivity contribution in [2.75, 3.05) is 32.8 Å². The summed E-state index contributed by atoms with van der Waals surface area (Å²) in [6, 6.07) is 0.555. The Morgan fingerprint density at radius 3 is 2.20 bits per heavy atom. The maximum Gasteiger partial charge on any atom is 0.0594 e. The first-order chi connectivity index (χ1) is 9.27. The van der Waals surface area contributed by atoms with Crippen LogP contribution in [0.25, 0.3) is 0 Å².